The van der Waals surface area contributed by atoms with Crippen molar-refractivity contribution in [3.8, 4) is 0 Å². The molecule has 0 spiro atoms. The Morgan fingerprint density at radius 1 is 0.727 bits per heavy atom. The fourth-order valence-electron chi connectivity index (χ4n) is 1.01. The van der Waals surface area contributed by atoms with Crippen LogP contribution in [0.15, 0.2) is 0 Å². The van der Waals surface area contributed by atoms with Crippen molar-refractivity contribution >= 4 is 46.0 Å². The van der Waals surface area contributed by atoms with Gasteiger partial charge in [-0.05, 0) is 0 Å². The van der Waals surface area contributed by atoms with Gasteiger partial charge in [-0.1, -0.05) is 55.8 Å². The van der Waals surface area contributed by atoms with Crippen LogP contribution in [0.5, 0.6) is 0 Å². The van der Waals surface area contributed by atoms with Gasteiger partial charge in [-0.2, -0.15) is 0 Å². The fourth-order valence-corrected chi connectivity index (χ4v) is 9.06. The Morgan fingerprint density at radius 3 is 0.909 bits per heavy atom. The average Bonchev–Trinajstić information content (AvgIpc) is 1.14. The normalized spacial score (nSPS) is 11.5. The van der Waals surface area contributed by atoms with Gasteiger partial charge in [-0.3, -0.25) is 0 Å². The molecule has 0 heterocycles. The van der Waals surface area contributed by atoms with E-state index in [0.717, 1.165) is 0 Å². The molecular formula is C6H18KNNaSi2. The van der Waals surface area contributed by atoms with Crippen LogP contribution in [0.25, 0.3) is 4.65 Å². The third kappa shape index (κ3) is 19.4. The molecule has 0 aliphatic carbocycles. The molecule has 1 radical (unpaired) electrons. The van der Waals surface area contributed by atoms with Crippen LogP contribution >= 0.6 is 0 Å². The summed E-state index contributed by atoms with van der Waals surface area (Å²) in [4.78, 5) is 0. The summed E-state index contributed by atoms with van der Waals surface area (Å²) in [5.41, 5.74) is 0. The van der Waals surface area contributed by atoms with E-state index < -0.39 is 16.5 Å². The van der Waals surface area contributed by atoms with Gasteiger partial charge in [-0.25, -0.2) is 0 Å². The minimum atomic E-state index is -1.11. The summed E-state index contributed by atoms with van der Waals surface area (Å²) in [5, 5.41) is 0. The molecule has 0 aliphatic rings. The van der Waals surface area contributed by atoms with Crippen LogP contribution in [0, 0.1) is 0 Å². The molecule has 0 N–H and O–H groups in total. The molecule has 0 saturated carbocycles. The van der Waals surface area contributed by atoms with Crippen LogP contribution in [0.2, 0.25) is 39.3 Å². The van der Waals surface area contributed by atoms with Gasteiger partial charge in [0, 0.05) is 29.6 Å². The van der Waals surface area contributed by atoms with Crippen molar-refractivity contribution in [2.75, 3.05) is 0 Å². The first-order chi connectivity index (χ1) is 3.71. The van der Waals surface area contributed by atoms with E-state index in [-0.39, 0.29) is 80.9 Å². The number of hydrogen-bond donors (Lipinski definition) is 0. The van der Waals surface area contributed by atoms with E-state index in [1.54, 1.807) is 0 Å². The first kappa shape index (κ1) is 19.6. The Bertz CT molecular complexity index is 85.7. The minimum absolute atomic E-state index is 0. The summed E-state index contributed by atoms with van der Waals surface area (Å²) in [6.07, 6.45) is 0. The number of hydrogen-bond acceptors (Lipinski definition) is 0. The van der Waals surface area contributed by atoms with Crippen LogP contribution in [-0.2, 0) is 0 Å². The zero-order chi connectivity index (χ0) is 7.71. The predicted octanol–water partition coefficient (Wildman–Crippen LogP) is -0.347. The molecule has 0 aliphatic heterocycles. The van der Waals surface area contributed by atoms with E-state index >= 15 is 0 Å². The second-order valence-corrected chi connectivity index (χ2v) is 14.0. The largest absolute Gasteiger partial charge is 1.00 e. The van der Waals surface area contributed by atoms with Crippen molar-refractivity contribution in [2.45, 2.75) is 39.3 Å². The molecule has 0 bridgehead atoms. The van der Waals surface area contributed by atoms with Crippen molar-refractivity contribution < 1.29 is 51.4 Å². The molecule has 1 nitrogen and oxygen atoms in total. The Kier molecular flexibility index (Phi) is 13.1. The SMILES string of the molecule is C[Si](C)(C)[N-][Si](C)(C)C.[K+].[Na]. The van der Waals surface area contributed by atoms with Crippen LogP contribution in [0.4, 0.5) is 0 Å². The summed E-state index contributed by atoms with van der Waals surface area (Å²) in [6.45, 7) is 13.8. The molecule has 0 atom stereocenters. The molecule has 57 valence electrons. The Balaban J connectivity index is -0.000000320. The molecule has 0 fully saturated rings. The van der Waals surface area contributed by atoms with Crippen molar-refractivity contribution in [3.05, 3.63) is 4.65 Å². The van der Waals surface area contributed by atoms with Crippen LogP contribution in [-0.4, -0.2) is 46.0 Å². The Labute approximate surface area is 138 Å². The molecule has 5 heteroatoms. The van der Waals surface area contributed by atoms with E-state index in [0.29, 0.717) is 0 Å². The molecule has 0 unspecified atom stereocenters. The van der Waals surface area contributed by atoms with Crippen molar-refractivity contribution in [1.29, 1.82) is 0 Å². The fraction of sp³-hybridized carbons (Fsp3) is 1.00. The quantitative estimate of drug-likeness (QED) is 0.567. The first-order valence-corrected chi connectivity index (χ1v) is 10.3. The summed E-state index contributed by atoms with van der Waals surface area (Å²) >= 11 is 0. The molecule has 0 rings (SSSR count). The standard InChI is InChI=1S/C6H18NSi2.K.Na/c1-8(2,3)7-9(4,5)6;;/h1-6H3;;/q-1;+1;. The topological polar surface area (TPSA) is 14.1 Å². The van der Waals surface area contributed by atoms with Gasteiger partial charge in [0.15, 0.2) is 0 Å². The molecule has 0 saturated heterocycles. The average molecular weight is 222 g/mol. The summed E-state index contributed by atoms with van der Waals surface area (Å²) in [6, 6.07) is 0. The van der Waals surface area contributed by atoms with Crippen LogP contribution in [0.1, 0.15) is 0 Å². The maximum atomic E-state index is 4.82. The summed E-state index contributed by atoms with van der Waals surface area (Å²) in [7, 11) is -2.21. The number of rotatable bonds is 2. The van der Waals surface area contributed by atoms with E-state index in [4.69, 9.17) is 4.65 Å². The van der Waals surface area contributed by atoms with E-state index in [9.17, 15) is 0 Å². The monoisotopic (exact) mass is 222 g/mol. The van der Waals surface area contributed by atoms with Crippen molar-refractivity contribution in [1.82, 2.24) is 0 Å². The van der Waals surface area contributed by atoms with Gasteiger partial charge in [0.2, 0.25) is 0 Å². The van der Waals surface area contributed by atoms with Gasteiger partial charge in [0.05, 0.1) is 0 Å². The van der Waals surface area contributed by atoms with Gasteiger partial charge in [-0.15, -0.1) is 0 Å². The maximum Gasteiger partial charge on any atom is 1.00 e. The minimum Gasteiger partial charge on any atom is -0.668 e. The van der Waals surface area contributed by atoms with Crippen molar-refractivity contribution in [2.24, 2.45) is 0 Å². The van der Waals surface area contributed by atoms with Gasteiger partial charge in [0.25, 0.3) is 0 Å². The molecule has 11 heavy (non-hydrogen) atoms. The molecule has 0 aromatic rings. The van der Waals surface area contributed by atoms with Gasteiger partial charge >= 0.3 is 51.4 Å². The maximum absolute atomic E-state index is 4.82. The Hall–Kier alpha value is 3.03. The first-order valence-electron chi connectivity index (χ1n) is 3.45. The predicted molar refractivity (Wildman–Crippen MR) is 55.8 cm³/mol. The van der Waals surface area contributed by atoms with E-state index in [2.05, 4.69) is 39.3 Å². The summed E-state index contributed by atoms with van der Waals surface area (Å²) in [5.74, 6) is 0. The smallest absolute Gasteiger partial charge is 0.668 e. The third-order valence-corrected chi connectivity index (χ3v) is 6.04. The van der Waals surface area contributed by atoms with Crippen molar-refractivity contribution in [3.63, 3.8) is 0 Å². The van der Waals surface area contributed by atoms with E-state index in [1.165, 1.54) is 0 Å². The zero-order valence-corrected chi connectivity index (χ0v) is 16.6. The van der Waals surface area contributed by atoms with Crippen LogP contribution in [0.3, 0.4) is 0 Å². The van der Waals surface area contributed by atoms with Gasteiger partial charge < -0.3 is 4.65 Å². The van der Waals surface area contributed by atoms with E-state index in [1.807, 2.05) is 0 Å². The number of nitrogens with zero attached hydrogens (tertiary/aromatic N) is 1. The zero-order valence-electron chi connectivity index (χ0n) is 9.45. The van der Waals surface area contributed by atoms with Gasteiger partial charge in [0.1, 0.15) is 0 Å². The summed E-state index contributed by atoms with van der Waals surface area (Å²) < 4.78 is 4.82. The molecular weight excluding hydrogens is 204 g/mol. The second kappa shape index (κ2) is 7.34. The third-order valence-electron chi connectivity index (χ3n) is 0.671. The van der Waals surface area contributed by atoms with Crippen LogP contribution < -0.4 is 51.4 Å². The molecule has 0 aromatic carbocycles. The Morgan fingerprint density at radius 2 is 0.909 bits per heavy atom. The molecule has 0 amide bonds. The second-order valence-electron chi connectivity index (χ2n) is 4.45. The molecule has 0 aromatic heterocycles.